The first kappa shape index (κ1) is 18.5. The average Bonchev–Trinajstić information content (AvgIpc) is 3.37. The van der Waals surface area contributed by atoms with Crippen LogP contribution in [0, 0.1) is 6.92 Å². The summed E-state index contributed by atoms with van der Waals surface area (Å²) in [6.07, 6.45) is 1.72. The molecule has 1 aromatic heterocycles. The van der Waals surface area contributed by atoms with Crippen LogP contribution in [0.15, 0.2) is 54.7 Å². The quantitative estimate of drug-likeness (QED) is 0.700. The number of urea groups is 1. The standard InChI is InChI=1S/C21H21N5O3/c1-14-6-7-19(29-2)18(12-14)26-10-8-17(24-26)20(27)23-15-4-3-5-16(13-15)25-11-9-22-21(25)28/h3-8,10,12-13H,9,11H2,1-2H3,(H,22,28)(H,23,27). The molecule has 2 heterocycles. The molecule has 3 aromatic rings. The number of methoxy groups -OCH3 is 1. The lowest BCUT2D eigenvalue weighted by Crippen LogP contribution is -2.27. The number of hydrogen-bond acceptors (Lipinski definition) is 4. The predicted octanol–water partition coefficient (Wildman–Crippen LogP) is 2.97. The van der Waals surface area contributed by atoms with E-state index in [1.807, 2.05) is 31.2 Å². The van der Waals surface area contributed by atoms with Gasteiger partial charge < -0.3 is 15.4 Å². The van der Waals surface area contributed by atoms with Crippen LogP contribution in [0.5, 0.6) is 5.75 Å². The van der Waals surface area contributed by atoms with Crippen molar-refractivity contribution >= 4 is 23.3 Å². The van der Waals surface area contributed by atoms with Gasteiger partial charge in [0.05, 0.1) is 7.11 Å². The monoisotopic (exact) mass is 391 g/mol. The van der Waals surface area contributed by atoms with Crippen molar-refractivity contribution in [1.82, 2.24) is 15.1 Å². The van der Waals surface area contributed by atoms with Gasteiger partial charge in [-0.1, -0.05) is 12.1 Å². The molecule has 3 amide bonds. The molecule has 4 rings (SSSR count). The van der Waals surface area contributed by atoms with Gasteiger partial charge in [-0.05, 0) is 48.9 Å². The van der Waals surface area contributed by atoms with Gasteiger partial charge in [-0.3, -0.25) is 9.69 Å². The van der Waals surface area contributed by atoms with Gasteiger partial charge in [0.15, 0.2) is 5.69 Å². The third-order valence-electron chi connectivity index (χ3n) is 4.68. The van der Waals surface area contributed by atoms with Crippen molar-refractivity contribution < 1.29 is 14.3 Å². The van der Waals surface area contributed by atoms with Crippen LogP contribution in [-0.2, 0) is 0 Å². The molecule has 0 bridgehead atoms. The molecular formula is C21H21N5O3. The normalized spacial score (nSPS) is 13.3. The van der Waals surface area contributed by atoms with Crippen LogP contribution in [0.3, 0.4) is 0 Å². The summed E-state index contributed by atoms with van der Waals surface area (Å²) >= 11 is 0. The number of nitrogens with zero attached hydrogens (tertiary/aromatic N) is 3. The number of amides is 3. The molecule has 2 aromatic carbocycles. The molecule has 1 saturated heterocycles. The van der Waals surface area contributed by atoms with E-state index in [-0.39, 0.29) is 17.6 Å². The van der Waals surface area contributed by atoms with E-state index >= 15 is 0 Å². The maximum absolute atomic E-state index is 12.7. The molecule has 1 fully saturated rings. The lowest BCUT2D eigenvalue weighted by Gasteiger charge is -2.15. The highest BCUT2D eigenvalue weighted by Gasteiger charge is 2.21. The van der Waals surface area contributed by atoms with E-state index in [1.165, 1.54) is 0 Å². The third kappa shape index (κ3) is 3.77. The smallest absolute Gasteiger partial charge is 0.321 e. The molecule has 0 radical (unpaired) electrons. The van der Waals surface area contributed by atoms with Crippen molar-refractivity contribution in [2.75, 3.05) is 30.4 Å². The maximum Gasteiger partial charge on any atom is 0.321 e. The number of aryl methyl sites for hydroxylation is 1. The predicted molar refractivity (Wildman–Crippen MR) is 110 cm³/mol. The van der Waals surface area contributed by atoms with Crippen molar-refractivity contribution in [3.63, 3.8) is 0 Å². The Morgan fingerprint density at radius 1 is 1.21 bits per heavy atom. The fourth-order valence-electron chi connectivity index (χ4n) is 3.22. The van der Waals surface area contributed by atoms with E-state index in [0.29, 0.717) is 24.5 Å². The Morgan fingerprint density at radius 2 is 2.07 bits per heavy atom. The number of rotatable bonds is 5. The zero-order valence-electron chi connectivity index (χ0n) is 16.2. The molecule has 29 heavy (non-hydrogen) atoms. The Hall–Kier alpha value is -3.81. The number of benzene rings is 2. The van der Waals surface area contributed by atoms with E-state index in [9.17, 15) is 9.59 Å². The fraction of sp³-hybridized carbons (Fsp3) is 0.190. The Morgan fingerprint density at radius 3 is 2.83 bits per heavy atom. The SMILES string of the molecule is COc1ccc(C)cc1-n1ccc(C(=O)Nc2cccc(N3CCNC3=O)c2)n1. The van der Waals surface area contributed by atoms with Gasteiger partial charge in [-0.2, -0.15) is 5.10 Å². The van der Waals surface area contributed by atoms with Crippen molar-refractivity contribution in [3.8, 4) is 11.4 Å². The largest absolute Gasteiger partial charge is 0.494 e. The minimum absolute atomic E-state index is 0.140. The number of carbonyl (C=O) groups is 2. The van der Waals surface area contributed by atoms with Crippen molar-refractivity contribution in [1.29, 1.82) is 0 Å². The van der Waals surface area contributed by atoms with E-state index in [1.54, 1.807) is 47.2 Å². The summed E-state index contributed by atoms with van der Waals surface area (Å²) in [5.41, 5.74) is 3.42. The van der Waals surface area contributed by atoms with Crippen LogP contribution < -0.4 is 20.3 Å². The lowest BCUT2D eigenvalue weighted by atomic mass is 10.2. The summed E-state index contributed by atoms with van der Waals surface area (Å²) in [4.78, 5) is 26.1. The summed E-state index contributed by atoms with van der Waals surface area (Å²) in [5, 5.41) is 9.99. The highest BCUT2D eigenvalue weighted by Crippen LogP contribution is 2.24. The number of nitrogens with one attached hydrogen (secondary N) is 2. The zero-order chi connectivity index (χ0) is 20.4. The molecule has 8 nitrogen and oxygen atoms in total. The van der Waals surface area contributed by atoms with Gasteiger partial charge in [0.25, 0.3) is 5.91 Å². The molecular weight excluding hydrogens is 370 g/mol. The summed E-state index contributed by atoms with van der Waals surface area (Å²) < 4.78 is 7.01. The number of hydrogen-bond donors (Lipinski definition) is 2. The average molecular weight is 391 g/mol. The highest BCUT2D eigenvalue weighted by atomic mass is 16.5. The van der Waals surface area contributed by atoms with E-state index < -0.39 is 0 Å². The topological polar surface area (TPSA) is 88.5 Å². The number of ether oxygens (including phenoxy) is 1. The van der Waals surface area contributed by atoms with Gasteiger partial charge in [0, 0.05) is 30.7 Å². The van der Waals surface area contributed by atoms with Gasteiger partial charge in [0.2, 0.25) is 0 Å². The van der Waals surface area contributed by atoms with Crippen LogP contribution in [0.1, 0.15) is 16.1 Å². The molecule has 8 heteroatoms. The Kier molecular flexibility index (Phi) is 4.90. The van der Waals surface area contributed by atoms with E-state index in [2.05, 4.69) is 15.7 Å². The van der Waals surface area contributed by atoms with Crippen molar-refractivity contribution in [2.45, 2.75) is 6.92 Å². The Bertz CT molecular complexity index is 1080. The molecule has 0 saturated carbocycles. The van der Waals surface area contributed by atoms with Gasteiger partial charge in [0.1, 0.15) is 11.4 Å². The first-order valence-electron chi connectivity index (χ1n) is 9.22. The number of aromatic nitrogens is 2. The van der Waals surface area contributed by atoms with Crippen LogP contribution >= 0.6 is 0 Å². The molecule has 0 aliphatic carbocycles. The second-order valence-corrected chi connectivity index (χ2v) is 6.71. The van der Waals surface area contributed by atoms with E-state index in [0.717, 1.165) is 16.9 Å². The van der Waals surface area contributed by atoms with Gasteiger partial charge >= 0.3 is 6.03 Å². The van der Waals surface area contributed by atoms with Gasteiger partial charge in [-0.15, -0.1) is 0 Å². The van der Waals surface area contributed by atoms with Crippen molar-refractivity contribution in [3.05, 3.63) is 66.0 Å². The third-order valence-corrected chi connectivity index (χ3v) is 4.68. The van der Waals surface area contributed by atoms with Gasteiger partial charge in [-0.25, -0.2) is 9.48 Å². The minimum atomic E-state index is -0.335. The summed E-state index contributed by atoms with van der Waals surface area (Å²) in [6, 6.07) is 14.4. The molecule has 1 aliphatic heterocycles. The highest BCUT2D eigenvalue weighted by molar-refractivity contribution is 6.03. The van der Waals surface area contributed by atoms with Crippen LogP contribution in [0.25, 0.3) is 5.69 Å². The number of carbonyl (C=O) groups excluding carboxylic acids is 2. The van der Waals surface area contributed by atoms with Crippen LogP contribution in [0.2, 0.25) is 0 Å². The maximum atomic E-state index is 12.7. The second kappa shape index (κ2) is 7.67. The Labute approximate surface area is 168 Å². The minimum Gasteiger partial charge on any atom is -0.494 e. The van der Waals surface area contributed by atoms with Crippen molar-refractivity contribution in [2.24, 2.45) is 0 Å². The molecule has 1 aliphatic rings. The summed E-state index contributed by atoms with van der Waals surface area (Å²) in [6.45, 7) is 3.18. The first-order valence-corrected chi connectivity index (χ1v) is 9.22. The molecule has 0 atom stereocenters. The molecule has 2 N–H and O–H groups in total. The zero-order valence-corrected chi connectivity index (χ0v) is 16.2. The number of anilines is 2. The molecule has 0 unspecified atom stereocenters. The first-order chi connectivity index (χ1) is 14.0. The Balaban J connectivity index is 1.53. The molecule has 148 valence electrons. The van der Waals surface area contributed by atoms with E-state index in [4.69, 9.17) is 4.74 Å². The summed E-state index contributed by atoms with van der Waals surface area (Å²) in [5.74, 6) is 0.334. The lowest BCUT2D eigenvalue weighted by molar-refractivity contribution is 0.102. The molecule has 0 spiro atoms. The van der Waals surface area contributed by atoms with Crippen LogP contribution in [-0.4, -0.2) is 41.9 Å². The summed E-state index contributed by atoms with van der Waals surface area (Å²) in [7, 11) is 1.60. The second-order valence-electron chi connectivity index (χ2n) is 6.71. The fourth-order valence-corrected chi connectivity index (χ4v) is 3.22. The van der Waals surface area contributed by atoms with Crippen LogP contribution in [0.4, 0.5) is 16.2 Å².